The van der Waals surface area contributed by atoms with E-state index in [2.05, 4.69) is 13.8 Å². The third-order valence-electron chi connectivity index (χ3n) is 9.61. The van der Waals surface area contributed by atoms with E-state index in [0.717, 1.165) is 44.9 Å². The second-order valence-corrected chi connectivity index (χ2v) is 12.1. The lowest BCUT2D eigenvalue weighted by atomic mass is 9.46. The number of allylic oxidation sites excluding steroid dienone is 1. The van der Waals surface area contributed by atoms with Gasteiger partial charge in [0, 0.05) is 30.4 Å². The smallest absolute Gasteiger partial charge is 0.306 e. The van der Waals surface area contributed by atoms with Gasteiger partial charge in [0.15, 0.2) is 10.9 Å². The van der Waals surface area contributed by atoms with Gasteiger partial charge in [-0.25, -0.2) is 0 Å². The minimum absolute atomic E-state index is 0.0119. The molecule has 0 amide bonds. The van der Waals surface area contributed by atoms with Crippen LogP contribution in [0, 0.1) is 28.6 Å². The summed E-state index contributed by atoms with van der Waals surface area (Å²) in [7, 11) is 0. The summed E-state index contributed by atoms with van der Waals surface area (Å²) in [5.41, 5.74) is 1.09. The van der Waals surface area contributed by atoms with Gasteiger partial charge in [0.2, 0.25) is 0 Å². The minimum atomic E-state index is -0.287. The van der Waals surface area contributed by atoms with Crippen LogP contribution in [0.1, 0.15) is 78.6 Å². The molecule has 4 aliphatic carbocycles. The number of ketones is 1. The molecule has 0 aromatic heterocycles. The maximum atomic E-state index is 12.2. The predicted molar refractivity (Wildman–Crippen MR) is 112 cm³/mol. The number of hydrogen-bond acceptors (Lipinski definition) is 5. The highest BCUT2D eigenvalue weighted by atomic mass is 32.2. The average molecular weight is 417 g/mol. The molecule has 7 atom stereocenters. The molecule has 0 aromatic carbocycles. The molecular formula is C24H32O4S. The molecule has 0 unspecified atom stereocenters. The van der Waals surface area contributed by atoms with Crippen molar-refractivity contribution in [3.63, 3.8) is 0 Å². The Morgan fingerprint density at radius 3 is 2.52 bits per heavy atom. The zero-order valence-corrected chi connectivity index (χ0v) is 18.6. The summed E-state index contributed by atoms with van der Waals surface area (Å²) in [6, 6.07) is 0. The van der Waals surface area contributed by atoms with Gasteiger partial charge in [-0.3, -0.25) is 14.4 Å². The van der Waals surface area contributed by atoms with Crippen molar-refractivity contribution in [1.82, 2.24) is 0 Å². The Balaban J connectivity index is 1.56. The second-order valence-electron chi connectivity index (χ2n) is 10.7. The fraction of sp³-hybridized carbons (Fsp3) is 0.792. The maximum absolute atomic E-state index is 12.2. The lowest BCUT2D eigenvalue weighted by Crippen LogP contribution is -2.57. The van der Waals surface area contributed by atoms with Gasteiger partial charge >= 0.3 is 5.97 Å². The normalized spacial score (nSPS) is 48.6. The zero-order chi connectivity index (χ0) is 20.6. The Labute approximate surface area is 177 Å². The van der Waals surface area contributed by atoms with Crippen molar-refractivity contribution in [2.45, 2.75) is 89.4 Å². The molecule has 1 spiro atoms. The van der Waals surface area contributed by atoms with Gasteiger partial charge in [-0.15, -0.1) is 0 Å². The van der Waals surface area contributed by atoms with E-state index < -0.39 is 0 Å². The number of ether oxygens (including phenoxy) is 1. The molecule has 1 aliphatic heterocycles. The predicted octanol–water partition coefficient (Wildman–Crippen LogP) is 4.85. The van der Waals surface area contributed by atoms with Gasteiger partial charge in [0.25, 0.3) is 0 Å². The van der Waals surface area contributed by atoms with Gasteiger partial charge in [0.1, 0.15) is 5.60 Å². The molecule has 158 valence electrons. The molecule has 5 heteroatoms. The molecule has 0 radical (unpaired) electrons. The van der Waals surface area contributed by atoms with Crippen molar-refractivity contribution in [1.29, 1.82) is 0 Å². The Bertz CT molecular complexity index is 818. The standard InChI is InChI=1S/C24H32O4S/c1-14(25)29-19-13-15-12-16(26)4-8-22(15,2)17-5-9-23(3)18(21(17)19)6-10-24(23)11-7-20(27)28-24/h12,17-19,21H,4-11,13H2,1-3H3/t17-,18+,19+,21+,22+,23+,24+/m1/s1. The molecule has 0 bridgehead atoms. The molecule has 3 saturated carbocycles. The third-order valence-corrected chi connectivity index (χ3v) is 10.7. The molecule has 0 aromatic rings. The molecule has 5 rings (SSSR count). The first-order valence-electron chi connectivity index (χ1n) is 11.3. The number of hydrogen-bond donors (Lipinski definition) is 0. The monoisotopic (exact) mass is 416 g/mol. The van der Waals surface area contributed by atoms with Crippen LogP contribution in [-0.2, 0) is 19.1 Å². The fourth-order valence-corrected chi connectivity index (χ4v) is 9.36. The van der Waals surface area contributed by atoms with Gasteiger partial charge < -0.3 is 4.74 Å². The lowest BCUT2D eigenvalue weighted by Gasteiger charge is -2.61. The van der Waals surface area contributed by atoms with Crippen LogP contribution in [0.2, 0.25) is 0 Å². The van der Waals surface area contributed by atoms with Gasteiger partial charge in [-0.1, -0.05) is 31.2 Å². The summed E-state index contributed by atoms with van der Waals surface area (Å²) in [5, 5.41) is 0.409. The SMILES string of the molecule is CC(=O)S[C@H]1CC2=CC(=O)CC[C@]2(C)[C@@H]2CC[C@@]3(C)[C@@H](CC[C@]34CCC(=O)O4)[C@@H]12. The highest BCUT2D eigenvalue weighted by molar-refractivity contribution is 8.14. The maximum Gasteiger partial charge on any atom is 0.306 e. The van der Waals surface area contributed by atoms with Crippen LogP contribution < -0.4 is 0 Å². The quantitative estimate of drug-likeness (QED) is 0.572. The van der Waals surface area contributed by atoms with E-state index in [-0.39, 0.29) is 38.5 Å². The summed E-state index contributed by atoms with van der Waals surface area (Å²) in [5.74, 6) is 1.67. The molecule has 5 aliphatic rings. The first-order chi connectivity index (χ1) is 13.7. The molecular weight excluding hydrogens is 384 g/mol. The van der Waals surface area contributed by atoms with Crippen LogP contribution in [0.5, 0.6) is 0 Å². The van der Waals surface area contributed by atoms with Crippen molar-refractivity contribution in [2.75, 3.05) is 0 Å². The van der Waals surface area contributed by atoms with E-state index in [1.54, 1.807) is 6.92 Å². The van der Waals surface area contributed by atoms with Crippen LogP contribution in [0.3, 0.4) is 0 Å². The van der Waals surface area contributed by atoms with E-state index in [1.807, 2.05) is 6.08 Å². The Hall–Kier alpha value is -1.10. The summed E-state index contributed by atoms with van der Waals surface area (Å²) in [4.78, 5) is 36.4. The minimum Gasteiger partial charge on any atom is -0.458 e. The average Bonchev–Trinajstić information content (AvgIpc) is 3.17. The molecule has 1 heterocycles. The fourth-order valence-electron chi connectivity index (χ4n) is 8.13. The van der Waals surface area contributed by atoms with Crippen molar-refractivity contribution in [2.24, 2.45) is 28.6 Å². The van der Waals surface area contributed by atoms with E-state index in [0.29, 0.717) is 30.6 Å². The topological polar surface area (TPSA) is 60.4 Å². The van der Waals surface area contributed by atoms with Crippen molar-refractivity contribution in [3.05, 3.63) is 11.6 Å². The van der Waals surface area contributed by atoms with Crippen molar-refractivity contribution in [3.8, 4) is 0 Å². The molecule has 0 N–H and O–H groups in total. The number of rotatable bonds is 1. The van der Waals surface area contributed by atoms with Crippen molar-refractivity contribution >= 4 is 28.6 Å². The number of fused-ring (bicyclic) bond motifs is 6. The highest BCUT2D eigenvalue weighted by Crippen LogP contribution is 2.70. The molecule has 4 fully saturated rings. The van der Waals surface area contributed by atoms with Crippen LogP contribution in [0.25, 0.3) is 0 Å². The van der Waals surface area contributed by atoms with Crippen molar-refractivity contribution < 1.29 is 19.1 Å². The van der Waals surface area contributed by atoms with Gasteiger partial charge in [-0.05, 0) is 74.2 Å². The van der Waals surface area contributed by atoms with E-state index in [1.165, 1.54) is 17.3 Å². The summed E-state index contributed by atoms with van der Waals surface area (Å²) in [6.07, 6.45) is 10.0. The number of carbonyl (C=O) groups is 3. The first kappa shape index (κ1) is 19.8. The van der Waals surface area contributed by atoms with Crippen LogP contribution in [0.4, 0.5) is 0 Å². The highest BCUT2D eigenvalue weighted by Gasteiger charge is 2.68. The lowest BCUT2D eigenvalue weighted by molar-refractivity contribution is -0.167. The van der Waals surface area contributed by atoms with Gasteiger partial charge in [0.05, 0.1) is 0 Å². The number of esters is 1. The zero-order valence-electron chi connectivity index (χ0n) is 17.8. The van der Waals surface area contributed by atoms with E-state index in [9.17, 15) is 14.4 Å². The van der Waals surface area contributed by atoms with Crippen LogP contribution >= 0.6 is 11.8 Å². The summed E-state index contributed by atoms with van der Waals surface area (Å²) < 4.78 is 6.06. The van der Waals surface area contributed by atoms with E-state index in [4.69, 9.17) is 4.74 Å². The number of carbonyl (C=O) groups excluding carboxylic acids is 3. The molecule has 4 nitrogen and oxygen atoms in total. The van der Waals surface area contributed by atoms with Crippen LogP contribution in [-0.4, -0.2) is 27.7 Å². The second kappa shape index (κ2) is 6.45. The largest absolute Gasteiger partial charge is 0.458 e. The first-order valence-corrected chi connectivity index (χ1v) is 12.2. The molecule has 1 saturated heterocycles. The summed E-state index contributed by atoms with van der Waals surface area (Å²) in [6.45, 7) is 6.42. The van der Waals surface area contributed by atoms with Gasteiger partial charge in [-0.2, -0.15) is 0 Å². The van der Waals surface area contributed by atoms with Crippen LogP contribution in [0.15, 0.2) is 11.6 Å². The molecule has 29 heavy (non-hydrogen) atoms. The Kier molecular flexibility index (Phi) is 4.41. The van der Waals surface area contributed by atoms with E-state index >= 15 is 0 Å². The third kappa shape index (κ3) is 2.68. The summed E-state index contributed by atoms with van der Waals surface area (Å²) >= 11 is 1.50. The Morgan fingerprint density at radius 1 is 1.07 bits per heavy atom. The number of thioether (sulfide) groups is 1. The Morgan fingerprint density at radius 2 is 1.83 bits per heavy atom.